The number of halogens is 1. The van der Waals surface area contributed by atoms with Crippen LogP contribution in [0, 0.1) is 3.57 Å². The van der Waals surface area contributed by atoms with Gasteiger partial charge in [0, 0.05) is 9.13 Å². The molecule has 0 spiro atoms. The Morgan fingerprint density at radius 2 is 2.13 bits per heavy atom. The lowest BCUT2D eigenvalue weighted by molar-refractivity contribution is -0.138. The van der Waals surface area contributed by atoms with Crippen LogP contribution in [0.25, 0.3) is 0 Å². The number of carbonyl (C=O) groups is 2. The first-order valence-corrected chi connectivity index (χ1v) is 5.38. The number of nitrogens with one attached hydrogen (secondary N) is 1. The zero-order valence-electron chi connectivity index (χ0n) is 8.03. The molecule has 1 aromatic carbocycles. The maximum absolute atomic E-state index is 11.5. The number of carboxylic acids is 1. The molecule has 0 bridgehead atoms. The van der Waals surface area contributed by atoms with Crippen molar-refractivity contribution in [2.24, 2.45) is 0 Å². The summed E-state index contributed by atoms with van der Waals surface area (Å²) in [4.78, 5) is 22.1. The van der Waals surface area contributed by atoms with Crippen LogP contribution in [0.3, 0.4) is 0 Å². The van der Waals surface area contributed by atoms with Gasteiger partial charge in [-0.15, -0.1) is 0 Å². The second kappa shape index (κ2) is 5.11. The van der Waals surface area contributed by atoms with E-state index in [0.29, 0.717) is 5.56 Å². The predicted octanol–water partition coefficient (Wildman–Crippen LogP) is 1.49. The van der Waals surface area contributed by atoms with Gasteiger partial charge in [-0.1, -0.05) is 6.07 Å². The number of aliphatic carboxylic acids is 1. The molecule has 0 aliphatic heterocycles. The predicted molar refractivity (Wildman–Crippen MR) is 63.7 cm³/mol. The monoisotopic (exact) mass is 319 g/mol. The van der Waals surface area contributed by atoms with Crippen molar-refractivity contribution < 1.29 is 14.7 Å². The summed E-state index contributed by atoms with van der Waals surface area (Å²) < 4.78 is 0.934. The van der Waals surface area contributed by atoms with E-state index < -0.39 is 12.0 Å². The summed E-state index contributed by atoms with van der Waals surface area (Å²) in [6.07, 6.45) is 0. The second-order valence-electron chi connectivity index (χ2n) is 3.04. The minimum Gasteiger partial charge on any atom is -0.480 e. The van der Waals surface area contributed by atoms with E-state index in [4.69, 9.17) is 5.11 Å². The van der Waals surface area contributed by atoms with Crippen LogP contribution in [0.5, 0.6) is 0 Å². The van der Waals surface area contributed by atoms with Crippen LogP contribution in [-0.2, 0) is 4.79 Å². The highest BCUT2D eigenvalue weighted by molar-refractivity contribution is 14.1. The van der Waals surface area contributed by atoms with Gasteiger partial charge in [-0.05, 0) is 47.7 Å². The summed E-state index contributed by atoms with van der Waals surface area (Å²) in [7, 11) is 0. The van der Waals surface area contributed by atoms with Crippen LogP contribution >= 0.6 is 22.6 Å². The Morgan fingerprint density at radius 1 is 1.47 bits per heavy atom. The molecule has 1 aromatic rings. The van der Waals surface area contributed by atoms with Gasteiger partial charge in [-0.25, -0.2) is 0 Å². The van der Waals surface area contributed by atoms with Gasteiger partial charge in [0.2, 0.25) is 0 Å². The lowest BCUT2D eigenvalue weighted by Gasteiger charge is -2.09. The van der Waals surface area contributed by atoms with Crippen LogP contribution in [0.15, 0.2) is 24.3 Å². The molecule has 5 heteroatoms. The maximum atomic E-state index is 11.5. The fourth-order valence-electron chi connectivity index (χ4n) is 0.971. The first kappa shape index (κ1) is 12.0. The molecule has 15 heavy (non-hydrogen) atoms. The molecule has 1 amide bonds. The molecular formula is C10H10INO3. The molecule has 0 fully saturated rings. The Labute approximate surface area is 101 Å². The SMILES string of the molecule is CC(NC(=O)c1cccc(I)c1)C(=O)O. The topological polar surface area (TPSA) is 66.4 Å². The van der Waals surface area contributed by atoms with Gasteiger partial charge in [0.1, 0.15) is 6.04 Å². The van der Waals surface area contributed by atoms with Crippen molar-refractivity contribution in [1.82, 2.24) is 5.32 Å². The molecule has 1 rings (SSSR count). The number of benzene rings is 1. The van der Waals surface area contributed by atoms with Gasteiger partial charge in [0.25, 0.3) is 5.91 Å². The maximum Gasteiger partial charge on any atom is 0.325 e. The molecule has 0 aliphatic carbocycles. The molecular weight excluding hydrogens is 309 g/mol. The van der Waals surface area contributed by atoms with Crippen molar-refractivity contribution in [1.29, 1.82) is 0 Å². The fourth-order valence-corrected chi connectivity index (χ4v) is 1.51. The second-order valence-corrected chi connectivity index (χ2v) is 4.29. The molecule has 0 aromatic heterocycles. The van der Waals surface area contributed by atoms with Gasteiger partial charge in [0.15, 0.2) is 0 Å². The smallest absolute Gasteiger partial charge is 0.325 e. The number of rotatable bonds is 3. The number of carboxylic acid groups (broad SMARTS) is 1. The third-order valence-electron chi connectivity index (χ3n) is 1.80. The highest BCUT2D eigenvalue weighted by Crippen LogP contribution is 2.07. The Hall–Kier alpha value is -1.11. The van der Waals surface area contributed by atoms with Crippen molar-refractivity contribution in [2.75, 3.05) is 0 Å². The highest BCUT2D eigenvalue weighted by atomic mass is 127. The van der Waals surface area contributed by atoms with E-state index in [-0.39, 0.29) is 5.91 Å². The van der Waals surface area contributed by atoms with Gasteiger partial charge in [-0.2, -0.15) is 0 Å². The minimum atomic E-state index is -1.05. The van der Waals surface area contributed by atoms with E-state index in [1.54, 1.807) is 18.2 Å². The Morgan fingerprint density at radius 3 is 2.67 bits per heavy atom. The zero-order valence-corrected chi connectivity index (χ0v) is 10.2. The standard InChI is InChI=1S/C10H10INO3/c1-6(10(14)15)12-9(13)7-3-2-4-8(11)5-7/h2-6H,1H3,(H,12,13)(H,14,15). The molecule has 1 atom stereocenters. The van der Waals surface area contributed by atoms with E-state index in [2.05, 4.69) is 27.9 Å². The van der Waals surface area contributed by atoms with Crippen molar-refractivity contribution >= 4 is 34.5 Å². The molecule has 2 N–H and O–H groups in total. The summed E-state index contributed by atoms with van der Waals surface area (Å²) >= 11 is 2.09. The lowest BCUT2D eigenvalue weighted by atomic mass is 10.2. The van der Waals surface area contributed by atoms with Crippen LogP contribution in [0.1, 0.15) is 17.3 Å². The summed E-state index contributed by atoms with van der Waals surface area (Å²) in [6.45, 7) is 1.42. The average molecular weight is 319 g/mol. The first-order valence-electron chi connectivity index (χ1n) is 4.30. The largest absolute Gasteiger partial charge is 0.480 e. The van der Waals surface area contributed by atoms with Crippen LogP contribution in [0.2, 0.25) is 0 Å². The summed E-state index contributed by atoms with van der Waals surface area (Å²) in [5.41, 5.74) is 0.468. The number of hydrogen-bond acceptors (Lipinski definition) is 2. The summed E-state index contributed by atoms with van der Waals surface area (Å²) in [6, 6.07) is 6.08. The summed E-state index contributed by atoms with van der Waals surface area (Å²) in [5.74, 6) is -1.42. The van der Waals surface area contributed by atoms with Crippen LogP contribution in [0.4, 0.5) is 0 Å². The van der Waals surface area contributed by atoms with Gasteiger partial charge in [0.05, 0.1) is 0 Å². The Kier molecular flexibility index (Phi) is 4.07. The fraction of sp³-hybridized carbons (Fsp3) is 0.200. The lowest BCUT2D eigenvalue weighted by Crippen LogP contribution is -2.38. The van der Waals surface area contributed by atoms with E-state index in [1.807, 2.05) is 6.07 Å². The van der Waals surface area contributed by atoms with Crippen molar-refractivity contribution in [3.05, 3.63) is 33.4 Å². The van der Waals surface area contributed by atoms with E-state index >= 15 is 0 Å². The number of carbonyl (C=O) groups excluding carboxylic acids is 1. The Bertz CT molecular complexity index is 392. The van der Waals surface area contributed by atoms with E-state index in [1.165, 1.54) is 6.92 Å². The zero-order chi connectivity index (χ0) is 11.4. The van der Waals surface area contributed by atoms with E-state index in [0.717, 1.165) is 3.57 Å². The number of hydrogen-bond donors (Lipinski definition) is 2. The average Bonchev–Trinajstić information content (AvgIpc) is 2.17. The third-order valence-corrected chi connectivity index (χ3v) is 2.48. The number of amides is 1. The van der Waals surface area contributed by atoms with Gasteiger partial charge < -0.3 is 10.4 Å². The van der Waals surface area contributed by atoms with Crippen LogP contribution < -0.4 is 5.32 Å². The van der Waals surface area contributed by atoms with Crippen LogP contribution in [-0.4, -0.2) is 23.0 Å². The quantitative estimate of drug-likeness (QED) is 0.830. The molecule has 0 heterocycles. The van der Waals surface area contributed by atoms with Crippen molar-refractivity contribution in [2.45, 2.75) is 13.0 Å². The molecule has 0 aliphatic rings. The first-order chi connectivity index (χ1) is 7.00. The minimum absolute atomic E-state index is 0.372. The molecule has 4 nitrogen and oxygen atoms in total. The molecule has 80 valence electrons. The normalized spacial score (nSPS) is 11.9. The van der Waals surface area contributed by atoms with Crippen molar-refractivity contribution in [3.63, 3.8) is 0 Å². The van der Waals surface area contributed by atoms with Gasteiger partial charge in [-0.3, -0.25) is 9.59 Å². The molecule has 0 radical (unpaired) electrons. The van der Waals surface area contributed by atoms with Crippen molar-refractivity contribution in [3.8, 4) is 0 Å². The molecule has 1 unspecified atom stereocenters. The van der Waals surface area contributed by atoms with Gasteiger partial charge >= 0.3 is 5.97 Å². The summed E-state index contributed by atoms with van der Waals surface area (Å²) in [5, 5.41) is 11.0. The molecule has 0 saturated heterocycles. The highest BCUT2D eigenvalue weighted by Gasteiger charge is 2.14. The van der Waals surface area contributed by atoms with E-state index in [9.17, 15) is 9.59 Å². The Balaban J connectivity index is 2.73. The molecule has 0 saturated carbocycles. The third kappa shape index (κ3) is 3.50.